The molecule has 0 saturated carbocycles. The van der Waals surface area contributed by atoms with Crippen LogP contribution in [0.5, 0.6) is 0 Å². The maximum Gasteiger partial charge on any atom is 0.265 e. The molecular weight excluding hydrogens is 248 g/mol. The highest BCUT2D eigenvalue weighted by Gasteiger charge is 2.30. The van der Waals surface area contributed by atoms with Crippen LogP contribution in [0.2, 0.25) is 0 Å². The van der Waals surface area contributed by atoms with Crippen molar-refractivity contribution in [2.45, 2.75) is 32.6 Å². The minimum Gasteiger partial charge on any atom is -0.270 e. The van der Waals surface area contributed by atoms with E-state index in [2.05, 4.69) is 4.99 Å². The van der Waals surface area contributed by atoms with Crippen LogP contribution in [-0.4, -0.2) is 31.6 Å². The van der Waals surface area contributed by atoms with Gasteiger partial charge in [-0.1, -0.05) is 17.7 Å². The number of hydrogen-bond donors (Lipinski definition) is 0. The van der Waals surface area contributed by atoms with E-state index in [9.17, 15) is 8.42 Å². The fraction of sp³-hybridized carbons (Fsp3) is 0.462. The van der Waals surface area contributed by atoms with Gasteiger partial charge < -0.3 is 0 Å². The summed E-state index contributed by atoms with van der Waals surface area (Å²) in [4.78, 5) is 4.57. The molecular formula is C13H18N2O2S. The molecule has 0 N–H and O–H groups in total. The van der Waals surface area contributed by atoms with Crippen molar-refractivity contribution in [1.29, 1.82) is 0 Å². The molecule has 0 aliphatic carbocycles. The lowest BCUT2D eigenvalue weighted by Crippen LogP contribution is -2.33. The van der Waals surface area contributed by atoms with Gasteiger partial charge in [-0.2, -0.15) is 0 Å². The number of benzene rings is 1. The predicted molar refractivity (Wildman–Crippen MR) is 72.5 cm³/mol. The summed E-state index contributed by atoms with van der Waals surface area (Å²) in [6.45, 7) is 8.39. The molecule has 0 saturated heterocycles. The third-order valence-electron chi connectivity index (χ3n) is 3.16. The number of aliphatic imine (C=N–C) groups is 1. The maximum atomic E-state index is 12.6. The van der Waals surface area contributed by atoms with Crippen molar-refractivity contribution in [2.24, 2.45) is 4.99 Å². The lowest BCUT2D eigenvalue weighted by atomic mass is 10.1. The van der Waals surface area contributed by atoms with Gasteiger partial charge in [0.1, 0.15) is 5.84 Å². The fourth-order valence-electron chi connectivity index (χ4n) is 2.52. The standard InChI is InChI=1S/C13H18N2O2S/c1-9-7-10(2)13(11(3)8-9)18(16,17)15-6-5-14-12(15)4/h7-8H,5-6H2,1-4H3. The Kier molecular flexibility index (Phi) is 3.19. The van der Waals surface area contributed by atoms with Crippen LogP contribution >= 0.6 is 0 Å². The van der Waals surface area contributed by atoms with Gasteiger partial charge in [0.05, 0.1) is 18.0 Å². The highest BCUT2D eigenvalue weighted by molar-refractivity contribution is 7.89. The smallest absolute Gasteiger partial charge is 0.265 e. The highest BCUT2D eigenvalue weighted by atomic mass is 32.2. The molecule has 1 aromatic carbocycles. The molecule has 2 rings (SSSR count). The van der Waals surface area contributed by atoms with Gasteiger partial charge in [0, 0.05) is 0 Å². The molecule has 0 atom stereocenters. The molecule has 5 heteroatoms. The number of hydrogen-bond acceptors (Lipinski definition) is 3. The number of sulfonamides is 1. The Balaban J connectivity index is 2.58. The minimum absolute atomic E-state index is 0.421. The van der Waals surface area contributed by atoms with Crippen LogP contribution in [-0.2, 0) is 10.0 Å². The van der Waals surface area contributed by atoms with Crippen LogP contribution in [0.4, 0.5) is 0 Å². The van der Waals surface area contributed by atoms with Crippen LogP contribution in [0.25, 0.3) is 0 Å². The second-order valence-corrected chi connectivity index (χ2v) is 6.53. The van der Waals surface area contributed by atoms with Crippen molar-refractivity contribution in [3.8, 4) is 0 Å². The third-order valence-corrected chi connectivity index (χ3v) is 5.34. The molecule has 0 fully saturated rings. The lowest BCUT2D eigenvalue weighted by molar-refractivity contribution is 0.535. The summed E-state index contributed by atoms with van der Waals surface area (Å²) in [5.41, 5.74) is 2.68. The molecule has 1 aromatic rings. The normalized spacial score (nSPS) is 16.0. The quantitative estimate of drug-likeness (QED) is 0.822. The van der Waals surface area contributed by atoms with Gasteiger partial charge in [-0.3, -0.25) is 9.30 Å². The van der Waals surface area contributed by atoms with Gasteiger partial charge in [-0.05, 0) is 38.8 Å². The van der Waals surface area contributed by atoms with Crippen molar-refractivity contribution in [3.05, 3.63) is 28.8 Å². The zero-order valence-corrected chi connectivity index (χ0v) is 12.0. The van der Waals surface area contributed by atoms with Crippen LogP contribution < -0.4 is 0 Å². The number of amidine groups is 1. The second-order valence-electron chi connectivity index (χ2n) is 4.73. The van der Waals surface area contributed by atoms with Gasteiger partial charge in [0.25, 0.3) is 10.0 Å². The predicted octanol–water partition coefficient (Wildman–Crippen LogP) is 2.03. The average molecular weight is 266 g/mol. The number of nitrogens with zero attached hydrogens (tertiary/aromatic N) is 2. The van der Waals surface area contributed by atoms with E-state index in [-0.39, 0.29) is 0 Å². The molecule has 1 aliphatic rings. The largest absolute Gasteiger partial charge is 0.270 e. The van der Waals surface area contributed by atoms with Crippen molar-refractivity contribution >= 4 is 15.9 Å². The molecule has 0 unspecified atom stereocenters. The van der Waals surface area contributed by atoms with Crippen molar-refractivity contribution < 1.29 is 8.42 Å². The van der Waals surface area contributed by atoms with Crippen LogP contribution in [0.15, 0.2) is 22.0 Å². The summed E-state index contributed by atoms with van der Waals surface area (Å²) in [7, 11) is -3.46. The Morgan fingerprint density at radius 3 is 2.11 bits per heavy atom. The topological polar surface area (TPSA) is 49.7 Å². The van der Waals surface area contributed by atoms with E-state index < -0.39 is 10.0 Å². The van der Waals surface area contributed by atoms with Crippen molar-refractivity contribution in [2.75, 3.05) is 13.1 Å². The van der Waals surface area contributed by atoms with Crippen LogP contribution in [0.1, 0.15) is 23.6 Å². The Morgan fingerprint density at radius 2 is 1.67 bits per heavy atom. The number of aryl methyl sites for hydroxylation is 3. The van der Waals surface area contributed by atoms with E-state index in [4.69, 9.17) is 0 Å². The Bertz CT molecular complexity index is 595. The van der Waals surface area contributed by atoms with E-state index in [1.807, 2.05) is 32.9 Å². The molecule has 1 aliphatic heterocycles. The summed E-state index contributed by atoms with van der Waals surface area (Å²) in [5, 5.41) is 0. The molecule has 98 valence electrons. The maximum absolute atomic E-state index is 12.6. The number of rotatable bonds is 2. The van der Waals surface area contributed by atoms with Crippen molar-refractivity contribution in [1.82, 2.24) is 4.31 Å². The van der Waals surface area contributed by atoms with Gasteiger partial charge >= 0.3 is 0 Å². The molecule has 0 spiro atoms. The van der Waals surface area contributed by atoms with Gasteiger partial charge in [-0.15, -0.1) is 0 Å². The second kappa shape index (κ2) is 4.39. The zero-order valence-electron chi connectivity index (χ0n) is 11.2. The van der Waals surface area contributed by atoms with Gasteiger partial charge in [0.2, 0.25) is 0 Å². The summed E-state index contributed by atoms with van der Waals surface area (Å²) < 4.78 is 26.7. The average Bonchev–Trinajstić information content (AvgIpc) is 2.62. The van der Waals surface area contributed by atoms with Crippen LogP contribution in [0, 0.1) is 20.8 Å². The fourth-order valence-corrected chi connectivity index (χ4v) is 4.40. The highest BCUT2D eigenvalue weighted by Crippen LogP contribution is 2.26. The van der Waals surface area contributed by atoms with Crippen molar-refractivity contribution in [3.63, 3.8) is 0 Å². The first-order valence-electron chi connectivity index (χ1n) is 5.95. The summed E-state index contributed by atoms with van der Waals surface area (Å²) in [6, 6.07) is 3.81. The van der Waals surface area contributed by atoms with E-state index >= 15 is 0 Å². The molecule has 4 nitrogen and oxygen atoms in total. The molecule has 0 aromatic heterocycles. The van der Waals surface area contributed by atoms with Crippen LogP contribution in [0.3, 0.4) is 0 Å². The monoisotopic (exact) mass is 266 g/mol. The summed E-state index contributed by atoms with van der Waals surface area (Å²) in [5.74, 6) is 0.578. The molecule has 1 heterocycles. The molecule has 0 bridgehead atoms. The Morgan fingerprint density at radius 1 is 1.11 bits per heavy atom. The van der Waals surface area contributed by atoms with E-state index in [1.54, 1.807) is 6.92 Å². The first kappa shape index (κ1) is 13.1. The van der Waals surface area contributed by atoms with Gasteiger partial charge in [0.15, 0.2) is 0 Å². The van der Waals surface area contributed by atoms with E-state index in [0.717, 1.165) is 16.7 Å². The third kappa shape index (κ3) is 2.03. The van der Waals surface area contributed by atoms with E-state index in [0.29, 0.717) is 23.8 Å². The van der Waals surface area contributed by atoms with E-state index in [1.165, 1.54) is 4.31 Å². The van der Waals surface area contributed by atoms with Gasteiger partial charge in [-0.25, -0.2) is 8.42 Å². The lowest BCUT2D eigenvalue weighted by Gasteiger charge is -2.21. The zero-order chi connectivity index (χ0) is 13.5. The summed E-state index contributed by atoms with van der Waals surface area (Å²) in [6.07, 6.45) is 0. The first-order valence-corrected chi connectivity index (χ1v) is 7.39. The SMILES string of the molecule is CC1=NCCN1S(=O)(=O)c1c(C)cc(C)cc1C. The Hall–Kier alpha value is -1.36. The summed E-state index contributed by atoms with van der Waals surface area (Å²) >= 11 is 0. The molecule has 0 amide bonds. The Labute approximate surface area is 108 Å². The minimum atomic E-state index is -3.46. The molecule has 18 heavy (non-hydrogen) atoms. The molecule has 0 radical (unpaired) electrons. The first-order chi connectivity index (χ1) is 8.34.